The Kier molecular flexibility index (Phi) is 4.11. The highest BCUT2D eigenvalue weighted by molar-refractivity contribution is 6.06. The van der Waals surface area contributed by atoms with Crippen LogP contribution in [0.5, 0.6) is 0 Å². The van der Waals surface area contributed by atoms with Crippen molar-refractivity contribution < 1.29 is 4.79 Å². The Bertz CT molecular complexity index is 1090. The van der Waals surface area contributed by atoms with E-state index in [0.29, 0.717) is 17.3 Å². The van der Waals surface area contributed by atoms with Crippen molar-refractivity contribution in [3.05, 3.63) is 69.3 Å². The molecule has 0 spiro atoms. The van der Waals surface area contributed by atoms with Crippen molar-refractivity contribution in [2.75, 3.05) is 5.32 Å². The minimum atomic E-state index is -0.268. The Morgan fingerprint density at radius 3 is 2.68 bits per heavy atom. The van der Waals surface area contributed by atoms with Crippen molar-refractivity contribution in [2.24, 2.45) is 0 Å². The van der Waals surface area contributed by atoms with E-state index in [9.17, 15) is 9.59 Å². The van der Waals surface area contributed by atoms with E-state index in [0.717, 1.165) is 66.6 Å². The molecular formula is C22H22N4O2. The maximum absolute atomic E-state index is 13.1. The number of anilines is 1. The number of fused-ring (bicyclic) bond motifs is 1. The van der Waals surface area contributed by atoms with Crippen LogP contribution in [0.25, 0.3) is 11.1 Å². The molecule has 3 aromatic rings. The fourth-order valence-electron chi connectivity index (χ4n) is 4.13. The van der Waals surface area contributed by atoms with Crippen molar-refractivity contribution in [1.29, 1.82) is 0 Å². The first-order valence-electron chi connectivity index (χ1n) is 9.91. The van der Waals surface area contributed by atoms with E-state index in [4.69, 9.17) is 0 Å². The van der Waals surface area contributed by atoms with Gasteiger partial charge in [0.2, 0.25) is 5.56 Å². The lowest BCUT2D eigenvalue weighted by Gasteiger charge is -2.18. The van der Waals surface area contributed by atoms with Gasteiger partial charge in [-0.3, -0.25) is 14.7 Å². The third-order valence-electron chi connectivity index (χ3n) is 5.66. The number of aryl methyl sites for hydroxylation is 1. The number of nitrogens with one attached hydrogen (secondary N) is 3. The smallest absolute Gasteiger partial charge is 0.257 e. The van der Waals surface area contributed by atoms with Crippen LogP contribution in [-0.2, 0) is 12.8 Å². The standard InChI is InChI=1S/C22H22N4O2/c27-18-12-16(15-8-4-5-9-17(15)23-18)22(28)24-21-19(13-6-2-1-3-7-13)20(25-26-21)14-10-11-14/h1-3,6-7,12,14H,4-5,8-11H2,(H,23,27)(H2,24,25,26,28). The second kappa shape index (κ2) is 6.78. The summed E-state index contributed by atoms with van der Waals surface area (Å²) in [5, 5.41) is 10.5. The molecule has 1 fully saturated rings. The molecule has 5 rings (SSSR count). The van der Waals surface area contributed by atoms with Gasteiger partial charge in [0.05, 0.1) is 5.56 Å². The highest BCUT2D eigenvalue weighted by Gasteiger charge is 2.31. The molecule has 2 aromatic heterocycles. The van der Waals surface area contributed by atoms with Crippen molar-refractivity contribution in [3.8, 4) is 11.1 Å². The molecule has 2 heterocycles. The molecule has 2 aliphatic carbocycles. The summed E-state index contributed by atoms with van der Waals surface area (Å²) in [4.78, 5) is 28.0. The average Bonchev–Trinajstić information content (AvgIpc) is 3.48. The monoisotopic (exact) mass is 374 g/mol. The predicted molar refractivity (Wildman–Crippen MR) is 108 cm³/mol. The topological polar surface area (TPSA) is 90.6 Å². The maximum atomic E-state index is 13.1. The molecule has 0 atom stereocenters. The molecule has 6 heteroatoms. The van der Waals surface area contributed by atoms with Gasteiger partial charge >= 0.3 is 0 Å². The van der Waals surface area contributed by atoms with E-state index in [1.54, 1.807) is 0 Å². The van der Waals surface area contributed by atoms with Crippen LogP contribution in [0, 0.1) is 0 Å². The van der Waals surface area contributed by atoms with Gasteiger partial charge in [0.25, 0.3) is 5.91 Å². The SMILES string of the molecule is O=C(Nc1n[nH]c(C2CC2)c1-c1ccccc1)c1cc(=O)[nH]c2c1CCCC2. The van der Waals surface area contributed by atoms with Gasteiger partial charge in [0.15, 0.2) is 5.82 Å². The van der Waals surface area contributed by atoms with Gasteiger partial charge in [-0.25, -0.2) is 0 Å². The van der Waals surface area contributed by atoms with Crippen molar-refractivity contribution >= 4 is 11.7 Å². The Balaban J connectivity index is 1.53. The van der Waals surface area contributed by atoms with E-state index >= 15 is 0 Å². The van der Waals surface area contributed by atoms with Gasteiger partial charge in [-0.1, -0.05) is 30.3 Å². The molecule has 28 heavy (non-hydrogen) atoms. The molecule has 6 nitrogen and oxygen atoms in total. The number of amides is 1. The molecule has 0 bridgehead atoms. The third kappa shape index (κ3) is 3.05. The van der Waals surface area contributed by atoms with Gasteiger partial charge in [-0.05, 0) is 49.7 Å². The fraction of sp³-hybridized carbons (Fsp3) is 0.318. The zero-order valence-electron chi connectivity index (χ0n) is 15.5. The van der Waals surface area contributed by atoms with Crippen molar-refractivity contribution in [1.82, 2.24) is 15.2 Å². The molecule has 0 aliphatic heterocycles. The number of hydrogen-bond donors (Lipinski definition) is 3. The number of H-pyrrole nitrogens is 2. The largest absolute Gasteiger partial charge is 0.326 e. The normalized spacial score (nSPS) is 15.9. The summed E-state index contributed by atoms with van der Waals surface area (Å²) >= 11 is 0. The Hall–Kier alpha value is -3.15. The number of nitrogens with zero attached hydrogens (tertiary/aromatic N) is 1. The molecule has 142 valence electrons. The first-order chi connectivity index (χ1) is 13.7. The van der Waals surface area contributed by atoms with E-state index in [2.05, 4.69) is 20.5 Å². The van der Waals surface area contributed by atoms with Gasteiger partial charge in [0, 0.05) is 28.9 Å². The van der Waals surface area contributed by atoms with Gasteiger partial charge < -0.3 is 10.3 Å². The van der Waals surface area contributed by atoms with Gasteiger partial charge in [0.1, 0.15) is 0 Å². The van der Waals surface area contributed by atoms with Crippen LogP contribution < -0.4 is 10.9 Å². The van der Waals surface area contributed by atoms with Crippen LogP contribution in [0.2, 0.25) is 0 Å². The minimum Gasteiger partial charge on any atom is -0.326 e. The third-order valence-corrected chi connectivity index (χ3v) is 5.66. The number of hydrogen-bond acceptors (Lipinski definition) is 3. The lowest BCUT2D eigenvalue weighted by molar-refractivity contribution is 0.102. The maximum Gasteiger partial charge on any atom is 0.257 e. The number of pyridine rings is 1. The Labute approximate surface area is 162 Å². The van der Waals surface area contributed by atoms with Crippen LogP contribution in [0.4, 0.5) is 5.82 Å². The van der Waals surface area contributed by atoms with E-state index in [1.807, 2.05) is 30.3 Å². The predicted octanol–water partition coefficient (Wildman–Crippen LogP) is 3.77. The number of aromatic amines is 2. The molecule has 2 aliphatic rings. The highest BCUT2D eigenvalue weighted by Crippen LogP contribution is 2.45. The van der Waals surface area contributed by atoms with Gasteiger partial charge in [-0.15, -0.1) is 0 Å². The molecule has 3 N–H and O–H groups in total. The van der Waals surface area contributed by atoms with Crippen LogP contribution in [-0.4, -0.2) is 21.1 Å². The second-order valence-corrected chi connectivity index (χ2v) is 7.67. The molecule has 1 aromatic carbocycles. The summed E-state index contributed by atoms with van der Waals surface area (Å²) in [6.07, 6.45) is 5.97. The summed E-state index contributed by atoms with van der Waals surface area (Å²) in [5.41, 5.74) is 5.16. The summed E-state index contributed by atoms with van der Waals surface area (Å²) in [6, 6.07) is 11.4. The number of carbonyl (C=O) groups excluding carboxylic acids is 1. The number of benzene rings is 1. The van der Waals surface area contributed by atoms with E-state index in [-0.39, 0.29) is 11.5 Å². The summed E-state index contributed by atoms with van der Waals surface area (Å²) < 4.78 is 0. The first kappa shape index (κ1) is 17.0. The Morgan fingerprint density at radius 2 is 1.89 bits per heavy atom. The quantitative estimate of drug-likeness (QED) is 0.649. The minimum absolute atomic E-state index is 0.227. The zero-order valence-corrected chi connectivity index (χ0v) is 15.5. The van der Waals surface area contributed by atoms with E-state index < -0.39 is 0 Å². The molecule has 0 unspecified atom stereocenters. The second-order valence-electron chi connectivity index (χ2n) is 7.67. The van der Waals surface area contributed by atoms with Gasteiger partial charge in [-0.2, -0.15) is 5.10 Å². The molecule has 1 saturated carbocycles. The van der Waals surface area contributed by atoms with Crippen LogP contribution in [0.15, 0.2) is 41.2 Å². The lowest BCUT2D eigenvalue weighted by Crippen LogP contribution is -2.23. The molecule has 0 saturated heterocycles. The number of carbonyl (C=O) groups is 1. The number of rotatable bonds is 4. The fourth-order valence-corrected chi connectivity index (χ4v) is 4.13. The summed E-state index contributed by atoms with van der Waals surface area (Å²) in [6.45, 7) is 0. The van der Waals surface area contributed by atoms with Crippen LogP contribution >= 0.6 is 0 Å². The van der Waals surface area contributed by atoms with Crippen LogP contribution in [0.3, 0.4) is 0 Å². The average molecular weight is 374 g/mol. The molecule has 0 radical (unpaired) electrons. The molecular weight excluding hydrogens is 352 g/mol. The lowest BCUT2D eigenvalue weighted by atomic mass is 9.92. The van der Waals surface area contributed by atoms with E-state index in [1.165, 1.54) is 6.07 Å². The highest BCUT2D eigenvalue weighted by atomic mass is 16.2. The molecule has 1 amide bonds. The number of aromatic nitrogens is 3. The zero-order chi connectivity index (χ0) is 19.1. The van der Waals surface area contributed by atoms with Crippen LogP contribution in [0.1, 0.15) is 58.9 Å². The summed E-state index contributed by atoms with van der Waals surface area (Å²) in [7, 11) is 0. The first-order valence-corrected chi connectivity index (χ1v) is 9.91. The Morgan fingerprint density at radius 1 is 1.11 bits per heavy atom. The van der Waals surface area contributed by atoms with Crippen molar-refractivity contribution in [3.63, 3.8) is 0 Å². The summed E-state index contributed by atoms with van der Waals surface area (Å²) in [5.74, 6) is 0.735. The van der Waals surface area contributed by atoms with Crippen molar-refractivity contribution in [2.45, 2.75) is 44.4 Å².